The van der Waals surface area contributed by atoms with Gasteiger partial charge in [-0.1, -0.05) is 0 Å². The first-order chi connectivity index (χ1) is 9.70. The SMILES string of the molecule is CCOC(=O)Cc1cc(C(F)(F)F)cc([N+](=O)[O-])c1C#N. The molecule has 0 saturated carbocycles. The number of ether oxygens (including phenoxy) is 1. The Morgan fingerprint density at radius 3 is 2.52 bits per heavy atom. The highest BCUT2D eigenvalue weighted by atomic mass is 19.4. The molecule has 0 spiro atoms. The number of esters is 1. The zero-order chi connectivity index (χ0) is 16.2. The monoisotopic (exact) mass is 302 g/mol. The van der Waals surface area contributed by atoms with Gasteiger partial charge in [0, 0.05) is 6.07 Å². The zero-order valence-electron chi connectivity index (χ0n) is 10.7. The zero-order valence-corrected chi connectivity index (χ0v) is 10.7. The van der Waals surface area contributed by atoms with Crippen LogP contribution in [-0.2, 0) is 22.1 Å². The van der Waals surface area contributed by atoms with Crippen molar-refractivity contribution in [3.8, 4) is 6.07 Å². The topological polar surface area (TPSA) is 93.2 Å². The Labute approximate surface area is 116 Å². The molecule has 0 aliphatic carbocycles. The van der Waals surface area contributed by atoms with Crippen LogP contribution in [0.4, 0.5) is 18.9 Å². The van der Waals surface area contributed by atoms with E-state index in [0.717, 1.165) is 0 Å². The average molecular weight is 302 g/mol. The lowest BCUT2D eigenvalue weighted by atomic mass is 9.99. The summed E-state index contributed by atoms with van der Waals surface area (Å²) in [5.41, 5.74) is -3.27. The fraction of sp³-hybridized carbons (Fsp3) is 0.333. The maximum absolute atomic E-state index is 12.7. The van der Waals surface area contributed by atoms with Gasteiger partial charge >= 0.3 is 12.1 Å². The summed E-state index contributed by atoms with van der Waals surface area (Å²) in [6, 6.07) is 2.27. The van der Waals surface area contributed by atoms with Crippen molar-refractivity contribution in [2.45, 2.75) is 19.5 Å². The highest BCUT2D eigenvalue weighted by Crippen LogP contribution is 2.35. The van der Waals surface area contributed by atoms with E-state index in [1.165, 1.54) is 13.0 Å². The van der Waals surface area contributed by atoms with E-state index in [9.17, 15) is 28.1 Å². The molecule has 0 heterocycles. The molecule has 0 aromatic heterocycles. The number of carbonyl (C=O) groups excluding carboxylic acids is 1. The van der Waals surface area contributed by atoms with Crippen LogP contribution in [0.3, 0.4) is 0 Å². The molecule has 9 heteroatoms. The highest BCUT2D eigenvalue weighted by molar-refractivity contribution is 5.75. The van der Waals surface area contributed by atoms with Gasteiger partial charge in [-0.25, -0.2) is 0 Å². The number of hydrogen-bond donors (Lipinski definition) is 0. The van der Waals surface area contributed by atoms with Crippen molar-refractivity contribution in [3.05, 3.63) is 38.9 Å². The van der Waals surface area contributed by atoms with Crippen molar-refractivity contribution in [1.82, 2.24) is 0 Å². The van der Waals surface area contributed by atoms with Crippen molar-refractivity contribution in [3.63, 3.8) is 0 Å². The van der Waals surface area contributed by atoms with E-state index in [-0.39, 0.29) is 12.7 Å². The molecule has 0 atom stereocenters. The second-order valence-corrected chi connectivity index (χ2v) is 3.88. The Hall–Kier alpha value is -2.63. The first kappa shape index (κ1) is 16.4. The Kier molecular flexibility index (Phi) is 4.86. The van der Waals surface area contributed by atoms with Crippen molar-refractivity contribution < 1.29 is 27.6 Å². The molecule has 1 aromatic rings. The van der Waals surface area contributed by atoms with Crippen molar-refractivity contribution in [2.75, 3.05) is 6.61 Å². The summed E-state index contributed by atoms with van der Waals surface area (Å²) in [7, 11) is 0. The van der Waals surface area contributed by atoms with E-state index < -0.39 is 45.9 Å². The maximum Gasteiger partial charge on any atom is 0.416 e. The van der Waals surface area contributed by atoms with Crippen LogP contribution in [0.2, 0.25) is 0 Å². The van der Waals surface area contributed by atoms with Gasteiger partial charge < -0.3 is 4.74 Å². The number of rotatable bonds is 4. The summed E-state index contributed by atoms with van der Waals surface area (Å²) in [6.07, 6.45) is -5.48. The van der Waals surface area contributed by atoms with Gasteiger partial charge in [0.2, 0.25) is 0 Å². The second kappa shape index (κ2) is 6.21. The van der Waals surface area contributed by atoms with E-state index >= 15 is 0 Å². The number of alkyl halides is 3. The number of carbonyl (C=O) groups is 1. The standard InChI is InChI=1S/C12H9F3N2O4/c1-2-21-11(18)4-7-3-8(12(13,14)15)5-10(17(19)20)9(7)6-16/h3,5H,2,4H2,1H3. The molecular weight excluding hydrogens is 293 g/mol. The van der Waals surface area contributed by atoms with Gasteiger partial charge in [-0.05, 0) is 18.6 Å². The Balaban J connectivity index is 3.45. The molecule has 0 N–H and O–H groups in total. The molecule has 1 rings (SSSR count). The number of nitro benzene ring substituents is 1. The highest BCUT2D eigenvalue weighted by Gasteiger charge is 2.35. The number of halogens is 3. The number of nitro groups is 1. The lowest BCUT2D eigenvalue weighted by molar-refractivity contribution is -0.385. The van der Waals surface area contributed by atoms with Crippen LogP contribution >= 0.6 is 0 Å². The largest absolute Gasteiger partial charge is 0.466 e. The minimum atomic E-state index is -4.83. The first-order valence-electron chi connectivity index (χ1n) is 5.65. The third kappa shape index (κ3) is 3.92. The van der Waals surface area contributed by atoms with Crippen LogP contribution in [0.15, 0.2) is 12.1 Å². The van der Waals surface area contributed by atoms with Gasteiger partial charge in [0.05, 0.1) is 23.5 Å². The smallest absolute Gasteiger partial charge is 0.416 e. The van der Waals surface area contributed by atoms with Crippen LogP contribution in [0.5, 0.6) is 0 Å². The fourth-order valence-corrected chi connectivity index (χ4v) is 1.63. The van der Waals surface area contributed by atoms with E-state index in [0.29, 0.717) is 6.07 Å². The summed E-state index contributed by atoms with van der Waals surface area (Å²) in [5.74, 6) is -0.873. The summed E-state index contributed by atoms with van der Waals surface area (Å²) < 4.78 is 42.7. The molecule has 0 fully saturated rings. The third-order valence-electron chi connectivity index (χ3n) is 2.48. The van der Waals surface area contributed by atoms with Gasteiger partial charge in [0.25, 0.3) is 5.69 Å². The van der Waals surface area contributed by atoms with Gasteiger partial charge in [0.1, 0.15) is 11.6 Å². The van der Waals surface area contributed by atoms with Gasteiger partial charge in [-0.15, -0.1) is 0 Å². The van der Waals surface area contributed by atoms with Crippen LogP contribution < -0.4 is 0 Å². The number of nitriles is 1. The normalized spacial score (nSPS) is 10.8. The Bertz CT molecular complexity index is 620. The fourth-order valence-electron chi connectivity index (χ4n) is 1.63. The molecule has 0 aliphatic heterocycles. The summed E-state index contributed by atoms with van der Waals surface area (Å²) >= 11 is 0. The molecule has 0 bridgehead atoms. The molecule has 0 unspecified atom stereocenters. The van der Waals surface area contributed by atoms with E-state index in [4.69, 9.17) is 5.26 Å². The van der Waals surface area contributed by atoms with E-state index in [1.807, 2.05) is 0 Å². The van der Waals surface area contributed by atoms with Crippen LogP contribution in [0, 0.1) is 21.4 Å². The van der Waals surface area contributed by atoms with Gasteiger partial charge in [-0.3, -0.25) is 14.9 Å². The molecule has 0 saturated heterocycles. The van der Waals surface area contributed by atoms with Crippen LogP contribution in [0.1, 0.15) is 23.6 Å². The minimum absolute atomic E-state index is 0.00176. The Morgan fingerprint density at radius 2 is 2.10 bits per heavy atom. The lowest BCUT2D eigenvalue weighted by Gasteiger charge is -2.10. The van der Waals surface area contributed by atoms with Crippen LogP contribution in [0.25, 0.3) is 0 Å². The lowest BCUT2D eigenvalue weighted by Crippen LogP contribution is -2.13. The molecule has 0 aliphatic rings. The molecule has 0 radical (unpaired) electrons. The van der Waals surface area contributed by atoms with Crippen molar-refractivity contribution in [2.24, 2.45) is 0 Å². The number of hydrogen-bond acceptors (Lipinski definition) is 5. The van der Waals surface area contributed by atoms with Gasteiger partial charge in [-0.2, -0.15) is 18.4 Å². The number of nitrogens with zero attached hydrogens (tertiary/aromatic N) is 2. The van der Waals surface area contributed by atoms with Crippen LogP contribution in [-0.4, -0.2) is 17.5 Å². The number of benzene rings is 1. The predicted octanol–water partition coefficient (Wildman–Crippen LogP) is 2.59. The van der Waals surface area contributed by atoms with Gasteiger partial charge in [0.15, 0.2) is 0 Å². The average Bonchev–Trinajstić information content (AvgIpc) is 2.36. The quantitative estimate of drug-likeness (QED) is 0.484. The summed E-state index contributed by atoms with van der Waals surface area (Å²) in [6.45, 7) is 1.50. The Morgan fingerprint density at radius 1 is 1.48 bits per heavy atom. The van der Waals surface area contributed by atoms with Crippen molar-refractivity contribution in [1.29, 1.82) is 5.26 Å². The first-order valence-corrected chi connectivity index (χ1v) is 5.65. The predicted molar refractivity (Wildman–Crippen MR) is 63.2 cm³/mol. The molecule has 1 aromatic carbocycles. The molecule has 6 nitrogen and oxygen atoms in total. The van der Waals surface area contributed by atoms with Crippen molar-refractivity contribution >= 4 is 11.7 Å². The summed E-state index contributed by atoms with van der Waals surface area (Å²) in [5, 5.41) is 19.7. The second-order valence-electron chi connectivity index (χ2n) is 3.88. The molecular formula is C12H9F3N2O4. The molecule has 21 heavy (non-hydrogen) atoms. The minimum Gasteiger partial charge on any atom is -0.466 e. The third-order valence-corrected chi connectivity index (χ3v) is 2.48. The maximum atomic E-state index is 12.7. The van der Waals surface area contributed by atoms with E-state index in [1.54, 1.807) is 0 Å². The summed E-state index contributed by atoms with van der Waals surface area (Å²) in [4.78, 5) is 21.0. The molecule has 112 valence electrons. The van der Waals surface area contributed by atoms with E-state index in [2.05, 4.69) is 4.74 Å². The molecule has 0 amide bonds.